The minimum atomic E-state index is 0.462. The third kappa shape index (κ3) is 7.06. The van der Waals surface area contributed by atoms with E-state index >= 15 is 0 Å². The lowest BCUT2D eigenvalue weighted by atomic mass is 9.88. The summed E-state index contributed by atoms with van der Waals surface area (Å²) in [5.74, 6) is 0. The molecule has 0 bridgehead atoms. The molecule has 0 aliphatic carbocycles. The molecule has 1 unspecified atom stereocenters. The summed E-state index contributed by atoms with van der Waals surface area (Å²) >= 11 is 2.50. The molecule has 1 nitrogen and oxygen atoms in total. The van der Waals surface area contributed by atoms with E-state index in [1.165, 1.54) is 13.0 Å². The van der Waals surface area contributed by atoms with Gasteiger partial charge in [-0.1, -0.05) is 43.4 Å². The van der Waals surface area contributed by atoms with Crippen molar-refractivity contribution in [2.24, 2.45) is 5.41 Å². The van der Waals surface area contributed by atoms with Crippen molar-refractivity contribution in [3.8, 4) is 0 Å². The quantitative estimate of drug-likeness (QED) is 0.560. The lowest BCUT2D eigenvalue weighted by molar-refractivity contribution is 0.228. The van der Waals surface area contributed by atoms with Crippen molar-refractivity contribution in [2.75, 3.05) is 20.6 Å². The second-order valence-corrected chi connectivity index (χ2v) is 6.51. The van der Waals surface area contributed by atoms with E-state index in [0.717, 1.165) is 3.92 Å². The summed E-state index contributed by atoms with van der Waals surface area (Å²) in [6, 6.07) is 0. The Morgan fingerprint density at radius 1 is 1.36 bits per heavy atom. The number of hydrogen-bond acceptors (Lipinski definition) is 1. The molecule has 0 aliphatic rings. The second kappa shape index (κ2) is 4.65. The average Bonchev–Trinajstić information content (AvgIpc) is 1.53. The number of nitrogens with zero attached hydrogens (tertiary/aromatic N) is 1. The molecule has 0 saturated heterocycles. The Balaban J connectivity index is 3.79. The topological polar surface area (TPSA) is 3.24 Å². The first-order chi connectivity index (χ1) is 4.83. The zero-order valence-electron chi connectivity index (χ0n) is 8.32. The zero-order valence-corrected chi connectivity index (χ0v) is 10.5. The van der Waals surface area contributed by atoms with Crippen molar-refractivity contribution >= 4 is 22.6 Å². The van der Waals surface area contributed by atoms with Gasteiger partial charge < -0.3 is 4.90 Å². The van der Waals surface area contributed by atoms with Crippen molar-refractivity contribution in [3.05, 3.63) is 0 Å². The van der Waals surface area contributed by atoms with Gasteiger partial charge in [0.25, 0.3) is 0 Å². The predicted octanol–water partition coefficient (Wildman–Crippen LogP) is 2.79. The summed E-state index contributed by atoms with van der Waals surface area (Å²) in [5, 5.41) is 0. The fraction of sp³-hybridized carbons (Fsp3) is 1.00. The molecular formula is C9H20IN. The normalized spacial score (nSPS) is 15.5. The van der Waals surface area contributed by atoms with Crippen LogP contribution in [0.25, 0.3) is 0 Å². The molecule has 0 amide bonds. The van der Waals surface area contributed by atoms with Crippen molar-refractivity contribution in [1.82, 2.24) is 4.90 Å². The molecule has 0 saturated carbocycles. The minimum absolute atomic E-state index is 0.462. The smallest absolute Gasteiger partial charge is 0.00868 e. The van der Waals surface area contributed by atoms with Gasteiger partial charge >= 0.3 is 0 Å². The van der Waals surface area contributed by atoms with Crippen LogP contribution in [0.1, 0.15) is 27.2 Å². The maximum atomic E-state index is 2.50. The first kappa shape index (κ1) is 11.7. The van der Waals surface area contributed by atoms with E-state index in [0.29, 0.717) is 5.41 Å². The van der Waals surface area contributed by atoms with Gasteiger partial charge in [0.05, 0.1) is 0 Å². The summed E-state index contributed by atoms with van der Waals surface area (Å²) < 4.78 is 0.780. The molecule has 0 aromatic carbocycles. The van der Waals surface area contributed by atoms with Crippen LogP contribution >= 0.6 is 22.6 Å². The van der Waals surface area contributed by atoms with Crippen molar-refractivity contribution in [3.63, 3.8) is 0 Å². The summed E-state index contributed by atoms with van der Waals surface area (Å²) in [5.41, 5.74) is 0.462. The van der Waals surface area contributed by atoms with E-state index in [4.69, 9.17) is 0 Å². The van der Waals surface area contributed by atoms with Crippen LogP contribution in [0.2, 0.25) is 0 Å². The van der Waals surface area contributed by atoms with Crippen LogP contribution in [0.4, 0.5) is 0 Å². The van der Waals surface area contributed by atoms with Gasteiger partial charge in [-0.15, -0.1) is 0 Å². The molecule has 0 rings (SSSR count). The summed E-state index contributed by atoms with van der Waals surface area (Å²) in [6.45, 7) is 8.13. The van der Waals surface area contributed by atoms with Crippen LogP contribution in [0.15, 0.2) is 0 Å². The highest BCUT2D eigenvalue weighted by molar-refractivity contribution is 14.1. The lowest BCUT2D eigenvalue weighted by Crippen LogP contribution is -2.30. The lowest BCUT2D eigenvalue weighted by Gasteiger charge is -2.29. The monoisotopic (exact) mass is 269 g/mol. The molecule has 0 aromatic heterocycles. The molecule has 0 heterocycles. The Morgan fingerprint density at radius 3 is 2.09 bits per heavy atom. The van der Waals surface area contributed by atoms with E-state index in [1.54, 1.807) is 0 Å². The molecule has 0 radical (unpaired) electrons. The molecule has 0 N–H and O–H groups in total. The highest BCUT2D eigenvalue weighted by Crippen LogP contribution is 2.25. The third-order valence-electron chi connectivity index (χ3n) is 1.58. The Hall–Kier alpha value is 0.690. The van der Waals surface area contributed by atoms with E-state index in [-0.39, 0.29) is 0 Å². The minimum Gasteiger partial charge on any atom is -0.309 e. The van der Waals surface area contributed by atoms with Gasteiger partial charge in [-0.25, -0.2) is 0 Å². The molecule has 2 heteroatoms. The molecule has 0 aliphatic heterocycles. The maximum absolute atomic E-state index is 2.50. The molecule has 1 atom stereocenters. The largest absolute Gasteiger partial charge is 0.309 e. The molecule has 0 fully saturated rings. The van der Waals surface area contributed by atoms with E-state index < -0.39 is 0 Å². The maximum Gasteiger partial charge on any atom is 0.00868 e. The summed E-state index contributed by atoms with van der Waals surface area (Å²) in [4.78, 5) is 2.26. The van der Waals surface area contributed by atoms with Crippen LogP contribution < -0.4 is 0 Å². The van der Waals surface area contributed by atoms with Crippen LogP contribution in [-0.4, -0.2) is 29.5 Å². The number of halogens is 1. The standard InChI is InChI=1S/C9H20IN/c1-8(10)6-9(2,3)7-11(4)5/h8H,6-7H2,1-5H3. The van der Waals surface area contributed by atoms with Gasteiger partial charge in [0, 0.05) is 10.5 Å². The predicted molar refractivity (Wildman–Crippen MR) is 60.4 cm³/mol. The highest BCUT2D eigenvalue weighted by Gasteiger charge is 2.20. The van der Waals surface area contributed by atoms with Gasteiger partial charge in [-0.3, -0.25) is 0 Å². The van der Waals surface area contributed by atoms with Crippen LogP contribution in [0.5, 0.6) is 0 Å². The first-order valence-electron chi connectivity index (χ1n) is 4.12. The summed E-state index contributed by atoms with van der Waals surface area (Å²) in [7, 11) is 4.28. The zero-order chi connectivity index (χ0) is 9.07. The number of hydrogen-bond donors (Lipinski definition) is 0. The van der Waals surface area contributed by atoms with Crippen LogP contribution in [-0.2, 0) is 0 Å². The van der Waals surface area contributed by atoms with Gasteiger partial charge in [0.2, 0.25) is 0 Å². The van der Waals surface area contributed by atoms with Crippen LogP contribution in [0.3, 0.4) is 0 Å². The Labute approximate surface area is 84.7 Å². The van der Waals surface area contributed by atoms with Crippen LogP contribution in [0, 0.1) is 5.41 Å². The van der Waals surface area contributed by atoms with Gasteiger partial charge in [0.15, 0.2) is 0 Å². The van der Waals surface area contributed by atoms with E-state index in [2.05, 4.69) is 62.4 Å². The summed E-state index contributed by atoms with van der Waals surface area (Å²) in [6.07, 6.45) is 1.30. The number of alkyl halides is 1. The molecular weight excluding hydrogens is 249 g/mol. The van der Waals surface area contributed by atoms with E-state index in [9.17, 15) is 0 Å². The Morgan fingerprint density at radius 2 is 1.82 bits per heavy atom. The first-order valence-corrected chi connectivity index (χ1v) is 5.37. The van der Waals surface area contributed by atoms with Crippen molar-refractivity contribution in [1.29, 1.82) is 0 Å². The Bertz CT molecular complexity index is 96.1. The molecule has 11 heavy (non-hydrogen) atoms. The second-order valence-electron chi connectivity index (χ2n) is 4.39. The third-order valence-corrected chi connectivity index (χ3v) is 2.02. The fourth-order valence-corrected chi connectivity index (χ4v) is 2.87. The van der Waals surface area contributed by atoms with Crippen molar-refractivity contribution < 1.29 is 0 Å². The Kier molecular flexibility index (Phi) is 4.94. The highest BCUT2D eigenvalue weighted by atomic mass is 127. The average molecular weight is 269 g/mol. The fourth-order valence-electron chi connectivity index (χ4n) is 1.68. The SMILES string of the molecule is CC(I)CC(C)(C)CN(C)C. The molecule has 0 spiro atoms. The van der Waals surface area contributed by atoms with Gasteiger partial charge in [-0.2, -0.15) is 0 Å². The van der Waals surface area contributed by atoms with E-state index in [1.807, 2.05) is 0 Å². The number of rotatable bonds is 4. The molecule has 68 valence electrons. The van der Waals surface area contributed by atoms with Gasteiger partial charge in [-0.05, 0) is 25.9 Å². The van der Waals surface area contributed by atoms with Crippen molar-refractivity contribution in [2.45, 2.75) is 31.1 Å². The van der Waals surface area contributed by atoms with Gasteiger partial charge in [0.1, 0.15) is 0 Å². The molecule has 0 aromatic rings.